The minimum absolute atomic E-state index is 0.0135. The van der Waals surface area contributed by atoms with Crippen LogP contribution in [0.1, 0.15) is 6.92 Å². The largest absolute Gasteiger partial charge is 0.493 e. The smallest absolute Gasteiger partial charge is 0.249 e. The van der Waals surface area contributed by atoms with Gasteiger partial charge in [-0.1, -0.05) is 6.58 Å². The Morgan fingerprint density at radius 3 is 2.31 bits per heavy atom. The van der Waals surface area contributed by atoms with Gasteiger partial charge < -0.3 is 25.0 Å². The van der Waals surface area contributed by atoms with E-state index in [1.165, 1.54) is 0 Å². The predicted octanol–water partition coefficient (Wildman–Crippen LogP) is 1.45. The van der Waals surface area contributed by atoms with E-state index in [0.29, 0.717) is 65.9 Å². The van der Waals surface area contributed by atoms with Gasteiger partial charge in [0.2, 0.25) is 11.9 Å². The predicted molar refractivity (Wildman–Crippen MR) is 101 cm³/mol. The Morgan fingerprint density at radius 2 is 1.73 bits per heavy atom. The molecule has 3 rings (SSSR count). The van der Waals surface area contributed by atoms with Gasteiger partial charge in [0.25, 0.3) is 0 Å². The molecule has 0 unspecified atom stereocenters. The molecule has 8 nitrogen and oxygen atoms in total. The normalized spacial score (nSPS) is 14.4. The first-order valence-electron chi connectivity index (χ1n) is 8.33. The first-order valence-corrected chi connectivity index (χ1v) is 8.33. The van der Waals surface area contributed by atoms with Crippen LogP contribution in [0.15, 0.2) is 24.3 Å². The highest BCUT2D eigenvalue weighted by atomic mass is 16.5. The molecule has 1 aromatic heterocycles. The average molecular weight is 357 g/mol. The lowest BCUT2D eigenvalue weighted by Crippen LogP contribution is -2.49. The van der Waals surface area contributed by atoms with Gasteiger partial charge in [-0.05, 0) is 13.0 Å². The number of rotatable bonds is 4. The van der Waals surface area contributed by atoms with E-state index in [1.54, 1.807) is 38.2 Å². The van der Waals surface area contributed by atoms with Crippen LogP contribution in [0.5, 0.6) is 11.5 Å². The Hall–Kier alpha value is -3.03. The van der Waals surface area contributed by atoms with Crippen molar-refractivity contribution < 1.29 is 14.3 Å². The summed E-state index contributed by atoms with van der Waals surface area (Å²) in [5.74, 6) is 2.08. The van der Waals surface area contributed by atoms with Crippen LogP contribution in [0.3, 0.4) is 0 Å². The van der Waals surface area contributed by atoms with Crippen LogP contribution in [0, 0.1) is 0 Å². The first kappa shape index (κ1) is 17.8. The van der Waals surface area contributed by atoms with Crippen LogP contribution in [0.4, 0.5) is 11.8 Å². The summed E-state index contributed by atoms with van der Waals surface area (Å²) >= 11 is 0. The zero-order valence-corrected chi connectivity index (χ0v) is 15.3. The molecule has 0 atom stereocenters. The zero-order chi connectivity index (χ0) is 18.8. The molecule has 138 valence electrons. The number of piperazine rings is 1. The maximum absolute atomic E-state index is 12.0. The number of benzene rings is 1. The number of amides is 1. The monoisotopic (exact) mass is 357 g/mol. The summed E-state index contributed by atoms with van der Waals surface area (Å²) in [6, 6.07) is 3.56. The van der Waals surface area contributed by atoms with Crippen LogP contribution in [0.25, 0.3) is 10.9 Å². The van der Waals surface area contributed by atoms with E-state index in [0.717, 1.165) is 0 Å². The maximum atomic E-state index is 12.0. The van der Waals surface area contributed by atoms with Crippen molar-refractivity contribution in [3.8, 4) is 11.5 Å². The van der Waals surface area contributed by atoms with E-state index in [9.17, 15) is 4.79 Å². The fourth-order valence-corrected chi connectivity index (χ4v) is 2.99. The number of ether oxygens (including phenoxy) is 2. The van der Waals surface area contributed by atoms with Crippen LogP contribution in [0.2, 0.25) is 0 Å². The van der Waals surface area contributed by atoms with Gasteiger partial charge in [0, 0.05) is 43.2 Å². The van der Waals surface area contributed by atoms with E-state index in [4.69, 9.17) is 15.2 Å². The lowest BCUT2D eigenvalue weighted by Gasteiger charge is -2.35. The first-order chi connectivity index (χ1) is 12.4. The van der Waals surface area contributed by atoms with Gasteiger partial charge in [0.15, 0.2) is 11.5 Å². The van der Waals surface area contributed by atoms with E-state index >= 15 is 0 Å². The van der Waals surface area contributed by atoms with Crippen molar-refractivity contribution in [2.24, 2.45) is 0 Å². The molecular weight excluding hydrogens is 334 g/mol. The summed E-state index contributed by atoms with van der Waals surface area (Å²) in [6.07, 6.45) is 0. The number of fused-ring (bicyclic) bond motifs is 1. The van der Waals surface area contributed by atoms with Crippen LogP contribution in [-0.4, -0.2) is 61.2 Å². The highest BCUT2D eigenvalue weighted by Gasteiger charge is 2.23. The molecule has 1 aromatic carbocycles. The summed E-state index contributed by atoms with van der Waals surface area (Å²) in [5.41, 5.74) is 7.38. The number of nitrogens with two attached hydrogens (primary N) is 1. The summed E-state index contributed by atoms with van der Waals surface area (Å²) in [6.45, 7) is 7.91. The molecule has 0 saturated carbocycles. The van der Waals surface area contributed by atoms with Gasteiger partial charge in [-0.25, -0.2) is 4.98 Å². The number of methoxy groups -OCH3 is 2. The van der Waals surface area contributed by atoms with Crippen LogP contribution < -0.4 is 20.1 Å². The number of hydrogen-bond donors (Lipinski definition) is 1. The van der Waals surface area contributed by atoms with Gasteiger partial charge in [-0.2, -0.15) is 4.98 Å². The van der Waals surface area contributed by atoms with Crippen molar-refractivity contribution in [2.75, 3.05) is 51.0 Å². The second-order valence-electron chi connectivity index (χ2n) is 6.19. The molecular formula is C18H23N5O3. The second kappa shape index (κ2) is 7.07. The van der Waals surface area contributed by atoms with Crippen molar-refractivity contribution in [2.45, 2.75) is 6.92 Å². The molecule has 26 heavy (non-hydrogen) atoms. The van der Waals surface area contributed by atoms with Crippen molar-refractivity contribution in [1.29, 1.82) is 0 Å². The topological polar surface area (TPSA) is 93.8 Å². The Balaban J connectivity index is 1.87. The Morgan fingerprint density at radius 1 is 1.12 bits per heavy atom. The summed E-state index contributed by atoms with van der Waals surface area (Å²) in [4.78, 5) is 24.9. The Kier molecular flexibility index (Phi) is 4.83. The Bertz CT molecular complexity index is 860. The number of anilines is 2. The molecule has 0 bridgehead atoms. The summed E-state index contributed by atoms with van der Waals surface area (Å²) < 4.78 is 10.6. The SMILES string of the molecule is C=C(C)C(=O)N1CCN(c2nc(N)c3cc(OC)c(OC)cc3n2)CC1. The number of carbonyl (C=O) groups is 1. The van der Waals surface area contributed by atoms with Gasteiger partial charge in [0.05, 0.1) is 19.7 Å². The highest BCUT2D eigenvalue weighted by Crippen LogP contribution is 2.34. The molecule has 1 saturated heterocycles. The average Bonchev–Trinajstić information content (AvgIpc) is 2.66. The molecule has 0 radical (unpaired) electrons. The fraction of sp³-hybridized carbons (Fsp3) is 0.389. The van der Waals surface area contributed by atoms with E-state index in [2.05, 4.69) is 16.5 Å². The van der Waals surface area contributed by atoms with E-state index in [1.807, 2.05) is 4.90 Å². The second-order valence-corrected chi connectivity index (χ2v) is 6.19. The van der Waals surface area contributed by atoms with Gasteiger partial charge in [-0.3, -0.25) is 4.79 Å². The van der Waals surface area contributed by atoms with Gasteiger partial charge in [0.1, 0.15) is 5.82 Å². The highest BCUT2D eigenvalue weighted by molar-refractivity contribution is 5.93. The molecule has 1 aliphatic heterocycles. The number of hydrogen-bond acceptors (Lipinski definition) is 7. The van der Waals surface area contributed by atoms with E-state index < -0.39 is 0 Å². The molecule has 1 fully saturated rings. The van der Waals surface area contributed by atoms with Crippen molar-refractivity contribution >= 4 is 28.6 Å². The van der Waals surface area contributed by atoms with Crippen molar-refractivity contribution in [1.82, 2.24) is 14.9 Å². The summed E-state index contributed by atoms with van der Waals surface area (Å²) in [5, 5.41) is 0.711. The number of carbonyl (C=O) groups excluding carboxylic acids is 1. The van der Waals surface area contributed by atoms with Crippen LogP contribution >= 0.6 is 0 Å². The standard InChI is InChI=1S/C18H23N5O3/c1-11(2)17(24)22-5-7-23(8-6-22)18-20-13-10-15(26-4)14(25-3)9-12(13)16(19)21-18/h9-10H,1,5-8H2,2-4H3,(H2,19,20,21). The molecule has 0 aliphatic carbocycles. The number of nitrogen functional groups attached to an aromatic ring is 1. The van der Waals surface area contributed by atoms with Crippen LogP contribution in [-0.2, 0) is 4.79 Å². The molecule has 2 heterocycles. The lowest BCUT2D eigenvalue weighted by atomic mass is 10.2. The fourth-order valence-electron chi connectivity index (χ4n) is 2.99. The van der Waals surface area contributed by atoms with Crippen molar-refractivity contribution in [3.63, 3.8) is 0 Å². The minimum Gasteiger partial charge on any atom is -0.493 e. The minimum atomic E-state index is -0.0135. The maximum Gasteiger partial charge on any atom is 0.249 e. The number of aromatic nitrogens is 2. The summed E-state index contributed by atoms with van der Waals surface area (Å²) in [7, 11) is 3.15. The lowest BCUT2D eigenvalue weighted by molar-refractivity contribution is -0.127. The van der Waals surface area contributed by atoms with Gasteiger partial charge >= 0.3 is 0 Å². The molecule has 8 heteroatoms. The molecule has 1 amide bonds. The third-order valence-electron chi connectivity index (χ3n) is 4.43. The Labute approximate surface area is 152 Å². The van der Waals surface area contributed by atoms with Crippen molar-refractivity contribution in [3.05, 3.63) is 24.3 Å². The third-order valence-corrected chi connectivity index (χ3v) is 4.43. The molecule has 1 aliphatic rings. The quantitative estimate of drug-likeness (QED) is 0.828. The zero-order valence-electron chi connectivity index (χ0n) is 15.3. The molecule has 2 N–H and O–H groups in total. The van der Waals surface area contributed by atoms with E-state index in [-0.39, 0.29) is 5.91 Å². The van der Waals surface area contributed by atoms with Gasteiger partial charge in [-0.15, -0.1) is 0 Å². The molecule has 0 spiro atoms. The molecule has 2 aromatic rings. The third kappa shape index (κ3) is 3.22. The number of nitrogens with zero attached hydrogens (tertiary/aromatic N) is 4.